The second-order valence-electron chi connectivity index (χ2n) is 0.550. The van der Waals surface area contributed by atoms with Crippen LogP contribution in [0.4, 0.5) is 3.89 Å². The molecule has 0 aromatic carbocycles. The Morgan fingerprint density at radius 3 is 1.33 bits per heavy atom. The van der Waals surface area contributed by atoms with Crippen LogP contribution >= 0.6 is 0 Å². The van der Waals surface area contributed by atoms with Crippen molar-refractivity contribution in [3.05, 3.63) is 0 Å². The molecule has 0 fully saturated rings. The number of halogens is 1. The molecule has 0 aromatic heterocycles. The van der Waals surface area contributed by atoms with Gasteiger partial charge in [-0.3, -0.25) is 0 Å². The molecule has 0 bridgehead atoms. The molecular formula is H3FLiNO4S2. The van der Waals surface area contributed by atoms with E-state index in [9.17, 15) is 3.89 Å². The minimum absolute atomic E-state index is 0. The molecule has 0 saturated heterocycles. The maximum Gasteiger partial charge on any atom is 1.00 e. The van der Waals surface area contributed by atoms with Gasteiger partial charge in [0.25, 0.3) is 0 Å². The molecule has 52 valence electrons. The van der Waals surface area contributed by atoms with Crippen LogP contribution in [0.5, 0.6) is 0 Å². The van der Waals surface area contributed by atoms with Crippen molar-refractivity contribution in [3.8, 4) is 0 Å². The molecule has 0 heterocycles. The third kappa shape index (κ3) is 2280. The molecule has 2 N–H and O–H groups in total. The van der Waals surface area contributed by atoms with E-state index in [0.717, 1.165) is 0 Å². The van der Waals surface area contributed by atoms with Crippen molar-refractivity contribution in [1.29, 1.82) is 0 Å². The van der Waals surface area contributed by atoms with Gasteiger partial charge in [0.2, 0.25) is 0 Å². The fourth-order valence-corrected chi connectivity index (χ4v) is 0. The average molecular weight is 171 g/mol. The standard InChI is InChI=1S/FH2NO2S.Li.HO2S/c1-5(2,3)4;;1-3-2/h(H2,2,3,4);;3H/q;+1;-1. The maximum absolute atomic E-state index is 10.4. The summed E-state index contributed by atoms with van der Waals surface area (Å²) in [6, 6.07) is 0. The number of hydrogen-bond acceptors (Lipinski definition) is 5. The van der Waals surface area contributed by atoms with E-state index in [0.29, 0.717) is 0 Å². The quantitative estimate of drug-likeness (QED) is 0.172. The summed E-state index contributed by atoms with van der Waals surface area (Å²) in [6.07, 6.45) is 0. The van der Waals surface area contributed by atoms with E-state index >= 15 is 0 Å². The minimum Gasteiger partial charge on any atom is -0.427 e. The van der Waals surface area contributed by atoms with Crippen molar-refractivity contribution in [2.45, 2.75) is 0 Å². The third-order valence-electron chi connectivity index (χ3n) is 0. The molecule has 0 amide bonds. The summed E-state index contributed by atoms with van der Waals surface area (Å²) in [6.45, 7) is 0. The zero-order valence-electron chi connectivity index (χ0n) is 4.44. The predicted octanol–water partition coefficient (Wildman–Crippen LogP) is -4.34. The van der Waals surface area contributed by atoms with E-state index in [1.165, 1.54) is 0 Å². The van der Waals surface area contributed by atoms with Gasteiger partial charge >= 0.3 is 29.3 Å². The monoisotopic (exact) mass is 171 g/mol. The molecule has 9 heavy (non-hydrogen) atoms. The van der Waals surface area contributed by atoms with Crippen molar-refractivity contribution in [3.63, 3.8) is 0 Å². The van der Waals surface area contributed by atoms with Crippen LogP contribution in [0.3, 0.4) is 0 Å². The van der Waals surface area contributed by atoms with Crippen molar-refractivity contribution in [2.24, 2.45) is 5.14 Å². The summed E-state index contributed by atoms with van der Waals surface area (Å²) >= 11 is -1.08. The Morgan fingerprint density at radius 1 is 1.33 bits per heavy atom. The zero-order valence-corrected chi connectivity index (χ0v) is 6.15. The van der Waals surface area contributed by atoms with Crippen LogP contribution in [0, 0.1) is 0 Å². The first kappa shape index (κ1) is 16.2. The maximum atomic E-state index is 10.4. The van der Waals surface area contributed by atoms with E-state index in [1.54, 1.807) is 0 Å². The average Bonchev–Trinajstić information content (AvgIpc) is 1.27. The third-order valence-corrected chi connectivity index (χ3v) is 0. The summed E-state index contributed by atoms with van der Waals surface area (Å²) in [7, 11) is -4.67. The Labute approximate surface area is 66.9 Å². The molecule has 0 atom stereocenters. The summed E-state index contributed by atoms with van der Waals surface area (Å²) in [4.78, 5) is 0. The SMILES string of the molecule is NS(=O)(=O)F.O=[SH-]=O.[Li+]. The molecule has 0 aliphatic rings. The molecule has 0 aliphatic heterocycles. The summed E-state index contributed by atoms with van der Waals surface area (Å²) in [5.41, 5.74) is 0. The van der Waals surface area contributed by atoms with Gasteiger partial charge < -0.3 is 8.42 Å². The molecule has 9 heteroatoms. The van der Waals surface area contributed by atoms with Crippen LogP contribution in [0.1, 0.15) is 0 Å². The van der Waals surface area contributed by atoms with Gasteiger partial charge in [0.05, 0.1) is 0 Å². The first-order valence-corrected chi connectivity index (χ1v) is 3.27. The first-order valence-electron chi connectivity index (χ1n) is 1.09. The van der Waals surface area contributed by atoms with Crippen molar-refractivity contribution in [1.82, 2.24) is 0 Å². The van der Waals surface area contributed by atoms with Crippen molar-refractivity contribution >= 4 is 22.0 Å². The van der Waals surface area contributed by atoms with E-state index in [4.69, 9.17) is 16.8 Å². The number of rotatable bonds is 0. The molecule has 0 radical (unpaired) electrons. The van der Waals surface area contributed by atoms with Gasteiger partial charge in [-0.2, -0.15) is 8.42 Å². The van der Waals surface area contributed by atoms with E-state index in [-0.39, 0.29) is 18.9 Å². The number of thiol groups is 1. The fraction of sp³-hybridized carbons (Fsp3) is 0. The topological polar surface area (TPSA) is 94.3 Å². The van der Waals surface area contributed by atoms with Crippen molar-refractivity contribution in [2.75, 3.05) is 0 Å². The van der Waals surface area contributed by atoms with Gasteiger partial charge in [0.15, 0.2) is 0 Å². The van der Waals surface area contributed by atoms with Gasteiger partial charge in [-0.1, -0.05) is 15.5 Å². The van der Waals surface area contributed by atoms with Crippen LogP contribution in [0.25, 0.3) is 0 Å². The number of hydrogen-bond donors (Lipinski definition) is 1. The van der Waals surface area contributed by atoms with E-state index in [1.807, 2.05) is 0 Å². The summed E-state index contributed by atoms with van der Waals surface area (Å²) in [5, 5.41) is 3.66. The normalized spacial score (nSPS) is 8.22. The van der Waals surface area contributed by atoms with Crippen LogP contribution in [-0.2, 0) is 30.4 Å². The Kier molecular flexibility index (Phi) is 15.1. The molecule has 0 spiro atoms. The number of nitrogens with two attached hydrogens (primary N) is 1. The Hall–Kier alpha value is 0.387. The van der Waals surface area contributed by atoms with Crippen LogP contribution in [0.15, 0.2) is 0 Å². The fourth-order valence-electron chi connectivity index (χ4n) is 0. The van der Waals surface area contributed by atoms with E-state index in [2.05, 4.69) is 5.14 Å². The molecule has 0 saturated carbocycles. The van der Waals surface area contributed by atoms with Gasteiger partial charge in [0, 0.05) is 0 Å². The Balaban J connectivity index is -0.0000000800. The zero-order chi connectivity index (χ0) is 7.21. The largest absolute Gasteiger partial charge is 1.00 e. The van der Waals surface area contributed by atoms with Crippen LogP contribution in [0.2, 0.25) is 0 Å². The second kappa shape index (κ2) is 8.39. The molecule has 5 nitrogen and oxygen atoms in total. The van der Waals surface area contributed by atoms with Gasteiger partial charge in [0.1, 0.15) is 0 Å². The molecule has 0 aliphatic carbocycles. The van der Waals surface area contributed by atoms with Gasteiger partial charge in [-0.25, -0.2) is 5.14 Å². The summed E-state index contributed by atoms with van der Waals surface area (Å²) < 4.78 is 44.6. The minimum atomic E-state index is -4.67. The predicted molar refractivity (Wildman–Crippen MR) is 24.3 cm³/mol. The smallest absolute Gasteiger partial charge is 0.427 e. The van der Waals surface area contributed by atoms with E-state index < -0.39 is 22.0 Å². The van der Waals surface area contributed by atoms with Crippen LogP contribution in [-0.4, -0.2) is 8.42 Å². The second-order valence-corrected chi connectivity index (χ2v) is 1.65. The van der Waals surface area contributed by atoms with Gasteiger partial charge in [-0.05, 0) is 0 Å². The molecule has 0 rings (SSSR count). The molecule has 0 unspecified atom stereocenters. The van der Waals surface area contributed by atoms with Crippen LogP contribution < -0.4 is 24.0 Å². The van der Waals surface area contributed by atoms with Crippen molar-refractivity contribution < 1.29 is 39.6 Å². The molecular weight excluding hydrogens is 168 g/mol. The van der Waals surface area contributed by atoms with Gasteiger partial charge in [-0.15, -0.1) is 0 Å². The molecule has 0 aromatic rings. The Bertz CT molecular complexity index is 159. The Morgan fingerprint density at radius 2 is 1.33 bits per heavy atom. The first-order chi connectivity index (χ1) is 3.41. The summed E-state index contributed by atoms with van der Waals surface area (Å²) in [5.74, 6) is 0.